The number of nitriles is 1. The van der Waals surface area contributed by atoms with Crippen molar-refractivity contribution in [1.82, 2.24) is 26.2 Å². The lowest BCUT2D eigenvalue weighted by Crippen LogP contribution is -2.53. The van der Waals surface area contributed by atoms with Gasteiger partial charge in [-0.25, -0.2) is 0 Å². The number of aliphatic carboxylic acids is 1. The Morgan fingerprint density at radius 3 is 1.69 bits per heavy atom. The molecule has 0 aliphatic rings. The number of hydrogen-bond donors (Lipinski definition) is 6. The highest BCUT2D eigenvalue weighted by Crippen LogP contribution is 2.14. The minimum atomic E-state index is -0.907. The first-order valence-corrected chi connectivity index (χ1v) is 24.7. The van der Waals surface area contributed by atoms with Gasteiger partial charge in [0.25, 0.3) is 5.97 Å². The molecule has 0 aliphatic heterocycles. The Bertz CT molecular complexity index is 1010. The molecule has 0 saturated carbocycles. The van der Waals surface area contributed by atoms with Crippen LogP contribution in [0.2, 0.25) is 0 Å². The van der Waals surface area contributed by atoms with Crippen LogP contribution in [0.3, 0.4) is 0 Å². The number of ketones is 1. The average molecular weight is 876 g/mol. The van der Waals surface area contributed by atoms with Crippen molar-refractivity contribution in [2.24, 2.45) is 5.73 Å². The fourth-order valence-corrected chi connectivity index (χ4v) is 5.47. The molecule has 1 unspecified atom stereocenters. The molecule has 0 aliphatic carbocycles. The molecule has 55 heavy (non-hydrogen) atoms. The van der Waals surface area contributed by atoms with E-state index in [1.807, 2.05) is 21.0 Å². The molecule has 0 bridgehead atoms. The molecule has 0 aromatic carbocycles. The second-order valence-electron chi connectivity index (χ2n) is 11.6. The van der Waals surface area contributed by atoms with E-state index in [0.29, 0.717) is 51.6 Å². The third-order valence-corrected chi connectivity index (χ3v) is 9.97. The zero-order chi connectivity index (χ0) is 43.3. The maximum absolute atomic E-state index is 13.6. The van der Waals surface area contributed by atoms with Crippen LogP contribution in [-0.2, 0) is 28.8 Å². The first kappa shape index (κ1) is 62.5. The highest BCUT2D eigenvalue weighted by atomic mass is 33.1. The number of hydrogen-bond acceptors (Lipinski definition) is 13. The molecular formula is C36H74N7O7PS4. The van der Waals surface area contributed by atoms with Crippen LogP contribution in [0, 0.1) is 11.1 Å². The third-order valence-electron chi connectivity index (χ3n) is 7.24. The summed E-state index contributed by atoms with van der Waals surface area (Å²) >= 11 is 3.59. The summed E-state index contributed by atoms with van der Waals surface area (Å²) in [5.41, 5.74) is 4.50. The van der Waals surface area contributed by atoms with Gasteiger partial charge in [0.15, 0.2) is 5.78 Å². The maximum atomic E-state index is 13.6. The van der Waals surface area contributed by atoms with Crippen LogP contribution in [0.5, 0.6) is 0 Å². The van der Waals surface area contributed by atoms with E-state index in [2.05, 4.69) is 52.0 Å². The SMILES string of the molecule is CC(=O)O.CN.CNCCCC(=O)[C@H](CC(=O)NC)N(C)C(=O)[C@H](CCCCNC(=O)CCCCCSC)NC(=O)CCCCCSC.CSSC.N#CP. The molecule has 0 fully saturated rings. The molecule has 0 heterocycles. The Balaban J connectivity index is -0.000000555. The molecule has 0 radical (unpaired) electrons. The molecule has 0 aromatic rings. The summed E-state index contributed by atoms with van der Waals surface area (Å²) in [7, 11) is 11.8. The number of nitrogens with two attached hydrogens (primary N) is 1. The van der Waals surface area contributed by atoms with E-state index in [1.54, 1.807) is 46.2 Å². The predicted octanol–water partition coefficient (Wildman–Crippen LogP) is 4.77. The van der Waals surface area contributed by atoms with Gasteiger partial charge in [0.1, 0.15) is 6.04 Å². The Morgan fingerprint density at radius 2 is 1.25 bits per heavy atom. The first-order valence-electron chi connectivity index (χ1n) is 18.4. The molecule has 0 rings (SSSR count). The molecule has 0 spiro atoms. The first-order chi connectivity index (χ1) is 26.3. The van der Waals surface area contributed by atoms with E-state index in [0.717, 1.165) is 57.0 Å². The van der Waals surface area contributed by atoms with Gasteiger partial charge < -0.3 is 37.0 Å². The number of nitrogens with one attached hydrogen (secondary N) is 4. The second-order valence-corrected chi connectivity index (χ2v) is 16.5. The smallest absolute Gasteiger partial charge is 0.300 e. The number of carboxylic acid groups (broad SMARTS) is 1. The maximum Gasteiger partial charge on any atom is 0.300 e. The summed E-state index contributed by atoms with van der Waals surface area (Å²) in [6.07, 6.45) is 17.3. The summed E-state index contributed by atoms with van der Waals surface area (Å²) in [5, 5.41) is 26.1. The Labute approximate surface area is 351 Å². The quantitative estimate of drug-likeness (QED) is 0.0354. The Morgan fingerprint density at radius 1 is 0.764 bits per heavy atom. The molecule has 14 nitrogen and oxygen atoms in total. The number of Topliss-reactive ketones (excluding diaryl/α,β-unsaturated/α-hetero) is 1. The van der Waals surface area contributed by atoms with Gasteiger partial charge in [-0.05, 0) is 118 Å². The fourth-order valence-electron chi connectivity index (χ4n) is 4.48. The van der Waals surface area contributed by atoms with Gasteiger partial charge in [-0.1, -0.05) is 34.4 Å². The van der Waals surface area contributed by atoms with Gasteiger partial charge in [-0.3, -0.25) is 28.8 Å². The topological polar surface area (TPSA) is 224 Å². The van der Waals surface area contributed by atoms with Crippen molar-refractivity contribution in [2.75, 3.05) is 77.8 Å². The molecular weight excluding hydrogens is 802 g/mol. The Hall–Kier alpha value is -1.74. The van der Waals surface area contributed by atoms with E-state index in [9.17, 15) is 24.0 Å². The van der Waals surface area contributed by atoms with Crippen LogP contribution < -0.4 is 27.0 Å². The van der Waals surface area contributed by atoms with Crippen molar-refractivity contribution in [1.29, 1.82) is 5.26 Å². The summed E-state index contributed by atoms with van der Waals surface area (Å²) in [4.78, 5) is 74.1. The number of likely N-dealkylation sites (N-methyl/N-ethyl adjacent to an activating group) is 1. The number of carbonyl (C=O) groups is 6. The van der Waals surface area contributed by atoms with Gasteiger partial charge in [0.05, 0.1) is 18.3 Å². The van der Waals surface area contributed by atoms with Gasteiger partial charge in [0.2, 0.25) is 23.6 Å². The summed E-state index contributed by atoms with van der Waals surface area (Å²) < 4.78 is 0. The molecule has 4 amide bonds. The molecule has 324 valence electrons. The standard InChI is InChI=1S/C30H57N5O5S2.C2H4O2.C2H6S2.CH2NP.CH5N/c1-31-19-14-16-26(36)25(23-29(39)32-2)35(3)30(40)24(34-28(38)18-9-7-13-22-42-5)15-10-11-20-33-27(37)17-8-6-12-21-41-4;1-2(3)4;1-3-4-2;2-1-3;1-2/h24-25,31H,6-23H2,1-5H3,(H,32,39)(H,33,37)(H,34,38);1H3,(H,3,4);1-2H3;3H2;2H2,1H3/t24-,25-;;;;/m0..../s1. The van der Waals surface area contributed by atoms with Gasteiger partial charge in [-0.15, -0.1) is 0 Å². The van der Waals surface area contributed by atoms with Crippen molar-refractivity contribution in [3.8, 4) is 5.81 Å². The van der Waals surface area contributed by atoms with Crippen molar-refractivity contribution in [3.63, 3.8) is 0 Å². The third kappa shape index (κ3) is 48.3. The van der Waals surface area contributed by atoms with Gasteiger partial charge in [0, 0.05) is 46.8 Å². The molecule has 19 heteroatoms. The number of thioether (sulfide) groups is 2. The van der Waals surface area contributed by atoms with Crippen molar-refractivity contribution in [2.45, 2.75) is 109 Å². The fraction of sp³-hybridized carbons (Fsp3) is 0.806. The molecule has 3 atom stereocenters. The average Bonchev–Trinajstić information content (AvgIpc) is 3.16. The van der Waals surface area contributed by atoms with Crippen molar-refractivity contribution < 1.29 is 33.9 Å². The second kappa shape index (κ2) is 50.3. The van der Waals surface area contributed by atoms with Gasteiger partial charge in [-0.2, -0.15) is 28.8 Å². The summed E-state index contributed by atoms with van der Waals surface area (Å²) in [5.74, 6) is 1.96. The van der Waals surface area contributed by atoms with E-state index in [4.69, 9.17) is 15.2 Å². The molecule has 0 aromatic heterocycles. The lowest BCUT2D eigenvalue weighted by molar-refractivity contribution is -0.143. The summed E-state index contributed by atoms with van der Waals surface area (Å²) in [6, 6.07) is -1.71. The normalized spacial score (nSPS) is 10.7. The minimum Gasteiger partial charge on any atom is -0.481 e. The highest BCUT2D eigenvalue weighted by Gasteiger charge is 2.32. The van der Waals surface area contributed by atoms with E-state index in [1.165, 1.54) is 26.0 Å². The summed E-state index contributed by atoms with van der Waals surface area (Å²) in [6.45, 7) is 2.24. The Kier molecular flexibility index (Phi) is 57.1. The molecule has 7 N–H and O–H groups in total. The predicted molar refractivity (Wildman–Crippen MR) is 242 cm³/mol. The lowest BCUT2D eigenvalue weighted by Gasteiger charge is -2.31. The van der Waals surface area contributed by atoms with Crippen molar-refractivity contribution >= 4 is 89.7 Å². The minimum absolute atomic E-state index is 0.0371. The van der Waals surface area contributed by atoms with Crippen LogP contribution >= 0.6 is 54.4 Å². The van der Waals surface area contributed by atoms with Gasteiger partial charge >= 0.3 is 0 Å². The van der Waals surface area contributed by atoms with Crippen LogP contribution in [0.15, 0.2) is 0 Å². The van der Waals surface area contributed by atoms with E-state index in [-0.39, 0.29) is 42.3 Å². The van der Waals surface area contributed by atoms with Crippen LogP contribution in [0.25, 0.3) is 0 Å². The lowest BCUT2D eigenvalue weighted by atomic mass is 10.0. The largest absolute Gasteiger partial charge is 0.481 e. The van der Waals surface area contributed by atoms with Crippen LogP contribution in [0.4, 0.5) is 0 Å². The molecule has 0 saturated heterocycles. The number of rotatable bonds is 28. The van der Waals surface area contributed by atoms with Crippen LogP contribution in [-0.4, -0.2) is 135 Å². The van der Waals surface area contributed by atoms with Crippen LogP contribution in [0.1, 0.15) is 96.8 Å². The number of amides is 4. The monoisotopic (exact) mass is 875 g/mol. The number of nitrogens with zero attached hydrogens (tertiary/aromatic N) is 2. The number of unbranched alkanes of at least 4 members (excludes halogenated alkanes) is 5. The highest BCUT2D eigenvalue weighted by molar-refractivity contribution is 8.76. The van der Waals surface area contributed by atoms with E-state index >= 15 is 0 Å². The zero-order valence-corrected chi connectivity index (χ0v) is 39.4. The number of carbonyl (C=O) groups excluding carboxylic acids is 5. The van der Waals surface area contributed by atoms with Crippen molar-refractivity contribution in [3.05, 3.63) is 0 Å². The zero-order valence-electron chi connectivity index (χ0n) is 35.0. The number of carboxylic acids is 1. The van der Waals surface area contributed by atoms with E-state index < -0.39 is 18.1 Å².